The average molecular weight is 399 g/mol. The fourth-order valence-electron chi connectivity index (χ4n) is 3.17. The van der Waals surface area contributed by atoms with Gasteiger partial charge in [0.1, 0.15) is 5.75 Å². The van der Waals surface area contributed by atoms with Gasteiger partial charge in [-0.15, -0.1) is 12.4 Å². The molecule has 2 fully saturated rings. The molecule has 1 saturated heterocycles. The Labute approximate surface area is 165 Å². The first-order valence-corrected chi connectivity index (χ1v) is 9.12. The topological polar surface area (TPSA) is 96.9 Å². The van der Waals surface area contributed by atoms with Crippen molar-refractivity contribution in [1.29, 1.82) is 0 Å². The van der Waals surface area contributed by atoms with Crippen LogP contribution in [-0.2, 0) is 4.74 Å². The van der Waals surface area contributed by atoms with Crippen molar-refractivity contribution < 1.29 is 24.2 Å². The third kappa shape index (κ3) is 5.57. The molecule has 1 amide bonds. The molecule has 7 nitrogen and oxygen atoms in total. The Morgan fingerprint density at radius 2 is 1.96 bits per heavy atom. The molecule has 8 heteroatoms. The summed E-state index contributed by atoms with van der Waals surface area (Å²) in [7, 11) is 1.30. The van der Waals surface area contributed by atoms with Crippen molar-refractivity contribution in [2.75, 3.05) is 26.8 Å². The van der Waals surface area contributed by atoms with Gasteiger partial charge in [-0.1, -0.05) is 6.42 Å². The zero-order valence-corrected chi connectivity index (χ0v) is 16.2. The molecule has 3 N–H and O–H groups in total. The number of hydrogen-bond donors (Lipinski definition) is 3. The second-order valence-electron chi connectivity index (χ2n) is 6.99. The normalized spacial score (nSPS) is 22.1. The molecule has 27 heavy (non-hydrogen) atoms. The summed E-state index contributed by atoms with van der Waals surface area (Å²) in [6.45, 7) is 1.82. The van der Waals surface area contributed by atoms with Crippen LogP contribution in [0.15, 0.2) is 18.2 Å². The van der Waals surface area contributed by atoms with E-state index in [0.29, 0.717) is 36.8 Å². The van der Waals surface area contributed by atoms with E-state index >= 15 is 0 Å². The number of aliphatic hydroxyl groups is 1. The van der Waals surface area contributed by atoms with Crippen molar-refractivity contribution in [3.8, 4) is 5.75 Å². The molecule has 0 spiro atoms. The summed E-state index contributed by atoms with van der Waals surface area (Å²) >= 11 is 0. The van der Waals surface area contributed by atoms with Crippen LogP contribution in [0.1, 0.15) is 46.4 Å². The summed E-state index contributed by atoms with van der Waals surface area (Å²) in [4.78, 5) is 24.6. The maximum absolute atomic E-state index is 12.6. The van der Waals surface area contributed by atoms with Gasteiger partial charge in [0.15, 0.2) is 0 Å². The summed E-state index contributed by atoms with van der Waals surface area (Å²) in [5, 5.41) is 16.0. The van der Waals surface area contributed by atoms with Crippen LogP contribution in [-0.4, -0.2) is 55.9 Å². The van der Waals surface area contributed by atoms with E-state index in [1.54, 1.807) is 12.1 Å². The van der Waals surface area contributed by atoms with E-state index in [0.717, 1.165) is 19.4 Å². The third-order valence-electron chi connectivity index (χ3n) is 5.06. The van der Waals surface area contributed by atoms with Gasteiger partial charge in [0, 0.05) is 12.1 Å². The second-order valence-corrected chi connectivity index (χ2v) is 6.99. The summed E-state index contributed by atoms with van der Waals surface area (Å²) in [6, 6.07) is 4.35. The van der Waals surface area contributed by atoms with Crippen molar-refractivity contribution in [3.63, 3.8) is 0 Å². The first kappa shape index (κ1) is 21.5. The average Bonchev–Trinajstić information content (AvgIpc) is 2.61. The lowest BCUT2D eigenvalue weighted by atomic mass is 9.86. The number of benzene rings is 1. The highest BCUT2D eigenvalue weighted by atomic mass is 35.5. The van der Waals surface area contributed by atoms with Gasteiger partial charge >= 0.3 is 5.97 Å². The van der Waals surface area contributed by atoms with E-state index in [2.05, 4.69) is 10.6 Å². The van der Waals surface area contributed by atoms with E-state index in [1.165, 1.54) is 19.6 Å². The molecule has 2 atom stereocenters. The zero-order valence-electron chi connectivity index (χ0n) is 15.4. The lowest BCUT2D eigenvalue weighted by Gasteiger charge is -2.29. The molecule has 3 rings (SSSR count). The Bertz CT molecular complexity index is 666. The number of hydrogen-bond acceptors (Lipinski definition) is 6. The van der Waals surface area contributed by atoms with E-state index in [9.17, 15) is 14.7 Å². The summed E-state index contributed by atoms with van der Waals surface area (Å²) in [5.74, 6) is 0.147. The van der Waals surface area contributed by atoms with Crippen LogP contribution in [0, 0.1) is 5.92 Å². The molecule has 0 aromatic heterocycles. The highest BCUT2D eigenvalue weighted by Gasteiger charge is 2.25. The van der Waals surface area contributed by atoms with Gasteiger partial charge < -0.3 is 25.2 Å². The highest BCUT2D eigenvalue weighted by Crippen LogP contribution is 2.28. The first-order chi connectivity index (χ1) is 12.6. The first-order valence-electron chi connectivity index (χ1n) is 9.12. The van der Waals surface area contributed by atoms with Gasteiger partial charge in [-0.25, -0.2) is 4.79 Å². The van der Waals surface area contributed by atoms with Crippen LogP contribution >= 0.6 is 12.4 Å². The van der Waals surface area contributed by atoms with Gasteiger partial charge in [-0.05, 0) is 49.9 Å². The minimum absolute atomic E-state index is 0. The van der Waals surface area contributed by atoms with Gasteiger partial charge in [0.05, 0.1) is 31.4 Å². The smallest absolute Gasteiger partial charge is 0.338 e. The number of carbonyl (C=O) groups excluding carboxylic acids is 2. The molecular weight excluding hydrogens is 372 g/mol. The van der Waals surface area contributed by atoms with Gasteiger partial charge in [-0.3, -0.25) is 4.79 Å². The number of esters is 1. The van der Waals surface area contributed by atoms with E-state index in [-0.39, 0.29) is 29.9 Å². The fraction of sp³-hybridized carbons (Fsp3) is 0.579. The molecule has 0 radical (unpaired) electrons. The molecular formula is C19H27ClN2O5. The van der Waals surface area contributed by atoms with E-state index < -0.39 is 12.1 Å². The Morgan fingerprint density at radius 3 is 2.59 bits per heavy atom. The predicted octanol–water partition coefficient (Wildman–Crippen LogP) is 1.53. The van der Waals surface area contributed by atoms with Crippen molar-refractivity contribution >= 4 is 24.3 Å². The number of ether oxygens (including phenoxy) is 2. The summed E-state index contributed by atoms with van der Waals surface area (Å²) < 4.78 is 10.6. The Hall–Kier alpha value is -1.83. The third-order valence-corrected chi connectivity index (χ3v) is 5.06. The largest absolute Gasteiger partial charge is 0.493 e. The van der Waals surface area contributed by atoms with E-state index in [4.69, 9.17) is 9.47 Å². The van der Waals surface area contributed by atoms with Gasteiger partial charge in [-0.2, -0.15) is 0 Å². The molecule has 1 aliphatic heterocycles. The molecule has 1 saturated carbocycles. The molecule has 0 bridgehead atoms. The Balaban J connectivity index is 0.00000261. The number of halogens is 1. The molecule has 1 aromatic rings. The van der Waals surface area contributed by atoms with Crippen LogP contribution in [0.5, 0.6) is 5.75 Å². The SMILES string of the molecule is COC(=O)c1cc(OCC2CCC2)cc(C(=O)N[C@@H]2CNCC[C@H]2O)c1.Cl. The van der Waals surface area contributed by atoms with Crippen molar-refractivity contribution in [1.82, 2.24) is 10.6 Å². The fourth-order valence-corrected chi connectivity index (χ4v) is 3.17. The number of piperidine rings is 1. The molecule has 1 aliphatic carbocycles. The van der Waals surface area contributed by atoms with Crippen molar-refractivity contribution in [2.45, 2.75) is 37.8 Å². The number of aliphatic hydroxyl groups excluding tert-OH is 1. The van der Waals surface area contributed by atoms with Crippen LogP contribution in [0.3, 0.4) is 0 Å². The second kappa shape index (κ2) is 9.92. The minimum atomic E-state index is -0.585. The molecule has 0 unspecified atom stereocenters. The van der Waals surface area contributed by atoms with Crippen LogP contribution in [0.4, 0.5) is 0 Å². The van der Waals surface area contributed by atoms with Crippen molar-refractivity contribution in [2.24, 2.45) is 5.92 Å². The quantitative estimate of drug-likeness (QED) is 0.629. The molecule has 2 aliphatic rings. The van der Waals surface area contributed by atoms with Crippen LogP contribution < -0.4 is 15.4 Å². The highest BCUT2D eigenvalue weighted by molar-refractivity contribution is 5.98. The Kier molecular flexibility index (Phi) is 7.89. The van der Waals surface area contributed by atoms with Crippen molar-refractivity contribution in [3.05, 3.63) is 29.3 Å². The lowest BCUT2D eigenvalue weighted by molar-refractivity contribution is 0.0600. The van der Waals surface area contributed by atoms with Crippen LogP contribution in [0.25, 0.3) is 0 Å². The standard InChI is InChI=1S/C19H26N2O5.ClH/c1-25-19(24)14-7-13(8-15(9-14)26-11-12-3-2-4-12)18(23)21-16-10-20-6-5-17(16)22;/h7-9,12,16-17,20,22H,2-6,10-11H2,1H3,(H,21,23);1H/t16-,17-;/m1./s1. The number of carbonyl (C=O) groups is 2. The summed E-state index contributed by atoms with van der Waals surface area (Å²) in [5.41, 5.74) is 0.584. The number of amides is 1. The van der Waals surface area contributed by atoms with Gasteiger partial charge in [0.2, 0.25) is 0 Å². The monoisotopic (exact) mass is 398 g/mol. The molecule has 150 valence electrons. The molecule has 1 heterocycles. The minimum Gasteiger partial charge on any atom is -0.493 e. The lowest BCUT2D eigenvalue weighted by Crippen LogP contribution is -2.53. The predicted molar refractivity (Wildman–Crippen MR) is 103 cm³/mol. The van der Waals surface area contributed by atoms with E-state index in [1.807, 2.05) is 0 Å². The molecule has 1 aromatic carbocycles. The van der Waals surface area contributed by atoms with Gasteiger partial charge in [0.25, 0.3) is 5.91 Å². The maximum atomic E-state index is 12.6. The summed E-state index contributed by atoms with van der Waals surface area (Å²) in [6.07, 6.45) is 3.52. The number of nitrogens with one attached hydrogen (secondary N) is 2. The number of methoxy groups -OCH3 is 1. The zero-order chi connectivity index (χ0) is 18.5. The number of rotatable bonds is 6. The Morgan fingerprint density at radius 1 is 1.22 bits per heavy atom. The van der Waals surface area contributed by atoms with Crippen LogP contribution in [0.2, 0.25) is 0 Å². The maximum Gasteiger partial charge on any atom is 0.338 e.